The molecular weight excluding hydrogens is 484 g/mol. The molecule has 0 radical (unpaired) electrons. The van der Waals surface area contributed by atoms with E-state index in [0.717, 1.165) is 64.8 Å². The van der Waals surface area contributed by atoms with E-state index >= 15 is 0 Å². The average molecular weight is 528 g/mol. The van der Waals surface area contributed by atoms with Crippen LogP contribution < -0.4 is 0 Å². The molecular formula is C26H43F6N3O. The molecule has 2 aliphatic carbocycles. The van der Waals surface area contributed by atoms with Gasteiger partial charge in [0, 0.05) is 39.8 Å². The number of hydrogen-bond acceptors (Lipinski definition) is 3. The Morgan fingerprint density at radius 1 is 0.889 bits per heavy atom. The molecule has 0 aromatic carbocycles. The first-order valence-electron chi connectivity index (χ1n) is 13.7. The molecule has 0 aromatic heterocycles. The summed E-state index contributed by atoms with van der Waals surface area (Å²) in [5.41, 5.74) is 0. The van der Waals surface area contributed by atoms with Crippen LogP contribution in [0.4, 0.5) is 26.3 Å². The molecule has 3 atom stereocenters. The van der Waals surface area contributed by atoms with Crippen molar-refractivity contribution in [2.75, 3.05) is 46.3 Å². The topological polar surface area (TPSA) is 26.8 Å². The number of carbonyl (C=O) groups excluding carboxylic acids is 1. The second-order valence-electron chi connectivity index (χ2n) is 11.3. The Morgan fingerprint density at radius 2 is 1.44 bits per heavy atom. The van der Waals surface area contributed by atoms with Crippen molar-refractivity contribution in [3.05, 3.63) is 0 Å². The van der Waals surface area contributed by atoms with E-state index in [-0.39, 0.29) is 43.7 Å². The van der Waals surface area contributed by atoms with Gasteiger partial charge in [0.05, 0.1) is 17.9 Å². The Hall–Kier alpha value is -1.03. The third-order valence-corrected chi connectivity index (χ3v) is 8.67. The van der Waals surface area contributed by atoms with Crippen molar-refractivity contribution < 1.29 is 31.1 Å². The molecule has 210 valence electrons. The lowest BCUT2D eigenvalue weighted by molar-refractivity contribution is -0.229. The summed E-state index contributed by atoms with van der Waals surface area (Å²) in [6, 6.07) is -0.253. The highest BCUT2D eigenvalue weighted by Gasteiger charge is 2.51. The van der Waals surface area contributed by atoms with E-state index in [1.165, 1.54) is 6.42 Å². The number of nitrogens with zero attached hydrogens (tertiary/aromatic N) is 3. The first-order valence-corrected chi connectivity index (χ1v) is 13.7. The predicted molar refractivity (Wildman–Crippen MR) is 127 cm³/mol. The highest BCUT2D eigenvalue weighted by atomic mass is 19.4. The summed E-state index contributed by atoms with van der Waals surface area (Å²) in [6.45, 7) is 6.82. The number of likely N-dealkylation sites (N-methyl/N-ethyl adjacent to an activating group) is 1. The van der Waals surface area contributed by atoms with Crippen molar-refractivity contribution in [1.82, 2.24) is 14.7 Å². The van der Waals surface area contributed by atoms with Gasteiger partial charge in [0.25, 0.3) is 0 Å². The summed E-state index contributed by atoms with van der Waals surface area (Å²) in [5, 5.41) is 0. The van der Waals surface area contributed by atoms with Gasteiger partial charge in [-0.1, -0.05) is 26.2 Å². The molecule has 0 spiro atoms. The molecule has 2 saturated carbocycles. The molecule has 0 aromatic rings. The lowest BCUT2D eigenvalue weighted by atomic mass is 9.73. The molecule has 1 heterocycles. The Bertz CT molecular complexity index is 664. The highest BCUT2D eigenvalue weighted by Crippen LogP contribution is 2.48. The van der Waals surface area contributed by atoms with Crippen LogP contribution in [0.15, 0.2) is 0 Å². The lowest BCUT2D eigenvalue weighted by Gasteiger charge is -2.44. The molecule has 3 fully saturated rings. The van der Waals surface area contributed by atoms with Gasteiger partial charge in [-0.2, -0.15) is 26.3 Å². The predicted octanol–water partition coefficient (Wildman–Crippen LogP) is 5.97. The van der Waals surface area contributed by atoms with Crippen LogP contribution in [0, 0.1) is 23.7 Å². The maximum Gasteiger partial charge on any atom is 0.391 e. The molecule has 1 amide bonds. The number of piperazine rings is 1. The van der Waals surface area contributed by atoms with Gasteiger partial charge < -0.3 is 9.80 Å². The standard InChI is InChI=1S/C26H43F6N3O/c1-3-10-34-12-14-35(15-13-34)23(20-7-5-4-6-8-20)24(36)33(2)11-9-19-16-21(25(27,28)29)18-22(17-19)26(30,31)32/h19-23H,3-18H2,1-2H3. The van der Waals surface area contributed by atoms with E-state index in [1.54, 1.807) is 11.9 Å². The fourth-order valence-electron chi connectivity index (χ4n) is 6.61. The second-order valence-corrected chi connectivity index (χ2v) is 11.3. The van der Waals surface area contributed by atoms with Crippen molar-refractivity contribution in [2.45, 2.75) is 89.5 Å². The number of halogens is 6. The van der Waals surface area contributed by atoms with Crippen molar-refractivity contribution >= 4 is 5.91 Å². The van der Waals surface area contributed by atoms with Crippen LogP contribution in [0.3, 0.4) is 0 Å². The Morgan fingerprint density at radius 3 is 1.94 bits per heavy atom. The number of alkyl halides is 6. The van der Waals surface area contributed by atoms with Crippen LogP contribution in [0.2, 0.25) is 0 Å². The van der Waals surface area contributed by atoms with Crippen molar-refractivity contribution in [3.63, 3.8) is 0 Å². The van der Waals surface area contributed by atoms with E-state index in [1.807, 2.05) is 0 Å². The highest BCUT2D eigenvalue weighted by molar-refractivity contribution is 5.82. The normalized spacial score (nSPS) is 28.7. The van der Waals surface area contributed by atoms with E-state index in [2.05, 4.69) is 16.7 Å². The van der Waals surface area contributed by atoms with Gasteiger partial charge in [-0.05, 0) is 63.3 Å². The van der Waals surface area contributed by atoms with Crippen LogP contribution in [0.25, 0.3) is 0 Å². The van der Waals surface area contributed by atoms with Crippen molar-refractivity contribution in [2.24, 2.45) is 23.7 Å². The van der Waals surface area contributed by atoms with E-state index in [9.17, 15) is 31.1 Å². The molecule has 1 aliphatic heterocycles. The van der Waals surface area contributed by atoms with Crippen molar-refractivity contribution in [3.8, 4) is 0 Å². The van der Waals surface area contributed by atoms with Gasteiger partial charge in [0.15, 0.2) is 0 Å². The van der Waals surface area contributed by atoms with Crippen LogP contribution in [0.5, 0.6) is 0 Å². The molecule has 3 rings (SSSR count). The zero-order valence-corrected chi connectivity index (χ0v) is 21.7. The van der Waals surface area contributed by atoms with Crippen molar-refractivity contribution in [1.29, 1.82) is 0 Å². The summed E-state index contributed by atoms with van der Waals surface area (Å²) in [6.07, 6.45) is -4.14. The first kappa shape index (κ1) is 29.5. The molecule has 1 saturated heterocycles. The molecule has 0 bridgehead atoms. The minimum absolute atomic E-state index is 0.0265. The minimum atomic E-state index is -4.63. The van der Waals surface area contributed by atoms with Gasteiger partial charge >= 0.3 is 12.4 Å². The van der Waals surface area contributed by atoms with Crippen LogP contribution in [0.1, 0.15) is 71.1 Å². The molecule has 0 N–H and O–H groups in total. The van der Waals surface area contributed by atoms with E-state index in [4.69, 9.17) is 0 Å². The second kappa shape index (κ2) is 12.7. The van der Waals surface area contributed by atoms with Gasteiger partial charge in [-0.15, -0.1) is 0 Å². The summed E-state index contributed by atoms with van der Waals surface area (Å²) >= 11 is 0. The van der Waals surface area contributed by atoms with Crippen LogP contribution >= 0.6 is 0 Å². The SMILES string of the molecule is CCCN1CCN(C(C(=O)N(C)CCC2CC(C(F)(F)F)CC(C(F)(F)F)C2)C2CCCCC2)CC1. The fraction of sp³-hybridized carbons (Fsp3) is 0.962. The number of carbonyl (C=O) groups is 1. The van der Waals surface area contributed by atoms with E-state index < -0.39 is 36.5 Å². The third-order valence-electron chi connectivity index (χ3n) is 8.67. The zero-order valence-electron chi connectivity index (χ0n) is 21.7. The van der Waals surface area contributed by atoms with Gasteiger partial charge in [-0.25, -0.2) is 0 Å². The Balaban J connectivity index is 1.64. The average Bonchev–Trinajstić information content (AvgIpc) is 2.83. The zero-order chi connectivity index (χ0) is 26.5. The Labute approximate surface area is 211 Å². The van der Waals surface area contributed by atoms with Crippen LogP contribution in [-0.4, -0.2) is 85.3 Å². The largest absolute Gasteiger partial charge is 0.391 e. The number of rotatable bonds is 8. The van der Waals surface area contributed by atoms with Gasteiger partial charge in [0.1, 0.15) is 0 Å². The number of hydrogen-bond donors (Lipinski definition) is 0. The van der Waals surface area contributed by atoms with Crippen LogP contribution in [-0.2, 0) is 4.79 Å². The summed E-state index contributed by atoms with van der Waals surface area (Å²) in [5.74, 6) is -4.33. The molecule has 10 heteroatoms. The Kier molecular flexibility index (Phi) is 10.4. The third kappa shape index (κ3) is 7.98. The summed E-state index contributed by atoms with van der Waals surface area (Å²) in [7, 11) is 1.66. The van der Waals surface area contributed by atoms with Gasteiger partial charge in [-0.3, -0.25) is 9.69 Å². The van der Waals surface area contributed by atoms with Gasteiger partial charge in [0.2, 0.25) is 5.91 Å². The van der Waals surface area contributed by atoms with E-state index in [0.29, 0.717) is 0 Å². The molecule has 4 nitrogen and oxygen atoms in total. The molecule has 3 aliphatic rings. The summed E-state index contributed by atoms with van der Waals surface area (Å²) in [4.78, 5) is 19.9. The maximum atomic E-state index is 13.7. The minimum Gasteiger partial charge on any atom is -0.344 e. The molecule has 36 heavy (non-hydrogen) atoms. The fourth-order valence-corrected chi connectivity index (χ4v) is 6.61. The smallest absolute Gasteiger partial charge is 0.344 e. The first-order chi connectivity index (χ1) is 16.9. The number of amides is 1. The maximum absolute atomic E-state index is 13.7. The lowest BCUT2D eigenvalue weighted by Crippen LogP contribution is -2.58. The molecule has 3 unspecified atom stereocenters. The monoisotopic (exact) mass is 527 g/mol. The summed E-state index contributed by atoms with van der Waals surface area (Å²) < 4.78 is 80.1. The quantitative estimate of drug-likeness (QED) is 0.364.